The van der Waals surface area contributed by atoms with Crippen molar-refractivity contribution in [3.8, 4) is 6.07 Å². The minimum absolute atomic E-state index is 0.129. The van der Waals surface area contributed by atoms with Crippen LogP contribution in [0.25, 0.3) is 0 Å². The SMILES string of the molecule is COC(=O)CSc1nnccc1C#N. The van der Waals surface area contributed by atoms with E-state index in [1.54, 1.807) is 6.07 Å². The van der Waals surface area contributed by atoms with Crippen LogP contribution in [0.2, 0.25) is 0 Å². The number of hydrogen-bond acceptors (Lipinski definition) is 6. The molecule has 0 atom stereocenters. The summed E-state index contributed by atoms with van der Waals surface area (Å²) in [5.74, 6) is -0.228. The molecule has 6 heteroatoms. The zero-order valence-electron chi connectivity index (χ0n) is 7.43. The first-order chi connectivity index (χ1) is 6.77. The van der Waals surface area contributed by atoms with Crippen LogP contribution in [0.4, 0.5) is 0 Å². The number of carbonyl (C=O) groups is 1. The molecule has 5 nitrogen and oxygen atoms in total. The minimum Gasteiger partial charge on any atom is -0.468 e. The maximum Gasteiger partial charge on any atom is 0.316 e. The molecule has 0 saturated heterocycles. The van der Waals surface area contributed by atoms with Crippen molar-refractivity contribution in [2.75, 3.05) is 12.9 Å². The molecule has 0 N–H and O–H groups in total. The normalized spacial score (nSPS) is 9.14. The van der Waals surface area contributed by atoms with Crippen LogP contribution >= 0.6 is 11.8 Å². The Morgan fingerprint density at radius 2 is 2.57 bits per heavy atom. The highest BCUT2D eigenvalue weighted by molar-refractivity contribution is 7.99. The second-order valence-corrected chi connectivity index (χ2v) is 3.19. The highest BCUT2D eigenvalue weighted by Gasteiger charge is 2.07. The van der Waals surface area contributed by atoms with Gasteiger partial charge in [-0.05, 0) is 6.07 Å². The molecule has 0 aliphatic carbocycles. The van der Waals surface area contributed by atoms with Crippen LogP contribution < -0.4 is 0 Å². The summed E-state index contributed by atoms with van der Waals surface area (Å²) in [7, 11) is 1.31. The molecular formula is C8H7N3O2S. The summed E-state index contributed by atoms with van der Waals surface area (Å²) >= 11 is 1.13. The number of hydrogen-bond donors (Lipinski definition) is 0. The first-order valence-corrected chi connectivity index (χ1v) is 4.68. The van der Waals surface area contributed by atoms with Gasteiger partial charge in [0.1, 0.15) is 11.1 Å². The summed E-state index contributed by atoms with van der Waals surface area (Å²) in [5, 5.41) is 16.5. The van der Waals surface area contributed by atoms with Crippen LogP contribution in [0, 0.1) is 11.3 Å². The van der Waals surface area contributed by atoms with Crippen LogP contribution in [-0.2, 0) is 9.53 Å². The highest BCUT2D eigenvalue weighted by Crippen LogP contribution is 2.17. The van der Waals surface area contributed by atoms with E-state index in [1.165, 1.54) is 13.3 Å². The van der Waals surface area contributed by atoms with E-state index >= 15 is 0 Å². The van der Waals surface area contributed by atoms with Gasteiger partial charge in [0.15, 0.2) is 0 Å². The third kappa shape index (κ3) is 2.71. The van der Waals surface area contributed by atoms with Crippen LogP contribution in [0.3, 0.4) is 0 Å². The van der Waals surface area contributed by atoms with Gasteiger partial charge in [-0.15, -0.1) is 5.10 Å². The van der Waals surface area contributed by atoms with Crippen molar-refractivity contribution in [2.24, 2.45) is 0 Å². The molecule has 0 fully saturated rings. The van der Waals surface area contributed by atoms with Crippen molar-refractivity contribution < 1.29 is 9.53 Å². The summed E-state index contributed by atoms with van der Waals surface area (Å²) in [4.78, 5) is 10.8. The van der Waals surface area contributed by atoms with Crippen molar-refractivity contribution in [3.63, 3.8) is 0 Å². The molecule has 1 rings (SSSR count). The number of thioether (sulfide) groups is 1. The van der Waals surface area contributed by atoms with Crippen molar-refractivity contribution >= 4 is 17.7 Å². The Morgan fingerprint density at radius 3 is 3.21 bits per heavy atom. The number of esters is 1. The van der Waals surface area contributed by atoms with E-state index < -0.39 is 0 Å². The molecule has 0 amide bonds. The smallest absolute Gasteiger partial charge is 0.316 e. The van der Waals surface area contributed by atoms with Gasteiger partial charge >= 0.3 is 5.97 Å². The third-order valence-electron chi connectivity index (χ3n) is 1.36. The number of aromatic nitrogens is 2. The average Bonchev–Trinajstić information content (AvgIpc) is 2.26. The number of carbonyl (C=O) groups excluding carboxylic acids is 1. The van der Waals surface area contributed by atoms with E-state index in [0.717, 1.165) is 11.8 Å². The number of nitriles is 1. The molecule has 1 heterocycles. The van der Waals surface area contributed by atoms with E-state index in [2.05, 4.69) is 14.9 Å². The van der Waals surface area contributed by atoms with E-state index in [0.29, 0.717) is 10.6 Å². The Labute approximate surface area is 85.1 Å². The monoisotopic (exact) mass is 209 g/mol. The van der Waals surface area contributed by atoms with E-state index in [1.807, 2.05) is 6.07 Å². The van der Waals surface area contributed by atoms with Crippen LogP contribution in [0.15, 0.2) is 17.3 Å². The molecule has 0 unspecified atom stereocenters. The molecule has 0 aliphatic rings. The fourth-order valence-electron chi connectivity index (χ4n) is 0.697. The summed E-state index contributed by atoms with van der Waals surface area (Å²) in [6.45, 7) is 0. The van der Waals surface area contributed by atoms with Gasteiger partial charge in [-0.25, -0.2) is 0 Å². The molecule has 1 aromatic rings. The minimum atomic E-state index is -0.357. The Morgan fingerprint density at radius 1 is 1.79 bits per heavy atom. The lowest BCUT2D eigenvalue weighted by Crippen LogP contribution is -2.04. The zero-order valence-corrected chi connectivity index (χ0v) is 8.24. The second-order valence-electron chi connectivity index (χ2n) is 2.23. The first kappa shape index (κ1) is 10.5. The van der Waals surface area contributed by atoms with Gasteiger partial charge in [0.2, 0.25) is 0 Å². The quantitative estimate of drug-likeness (QED) is 0.536. The molecule has 72 valence electrons. The Bertz CT molecular complexity index is 375. The fourth-order valence-corrected chi connectivity index (χ4v) is 1.44. The maximum absolute atomic E-state index is 10.8. The number of methoxy groups -OCH3 is 1. The topological polar surface area (TPSA) is 75.9 Å². The van der Waals surface area contributed by atoms with Crippen LogP contribution in [0.1, 0.15) is 5.56 Å². The largest absolute Gasteiger partial charge is 0.468 e. The molecule has 14 heavy (non-hydrogen) atoms. The van der Waals surface area contributed by atoms with Gasteiger partial charge in [0.25, 0.3) is 0 Å². The Balaban J connectivity index is 2.68. The molecule has 0 radical (unpaired) electrons. The van der Waals surface area contributed by atoms with E-state index in [-0.39, 0.29) is 11.7 Å². The lowest BCUT2D eigenvalue weighted by atomic mass is 10.3. The van der Waals surface area contributed by atoms with Gasteiger partial charge in [0, 0.05) is 0 Å². The predicted molar refractivity (Wildman–Crippen MR) is 49.5 cm³/mol. The standard InChI is InChI=1S/C8H7N3O2S/c1-13-7(12)5-14-8-6(4-9)2-3-10-11-8/h2-3H,5H2,1H3. The van der Waals surface area contributed by atoms with Gasteiger partial charge in [-0.2, -0.15) is 10.4 Å². The van der Waals surface area contributed by atoms with Gasteiger partial charge in [-0.3, -0.25) is 4.79 Å². The van der Waals surface area contributed by atoms with Crippen LogP contribution in [0.5, 0.6) is 0 Å². The average molecular weight is 209 g/mol. The van der Waals surface area contributed by atoms with Crippen LogP contribution in [-0.4, -0.2) is 29.0 Å². The van der Waals surface area contributed by atoms with Crippen molar-refractivity contribution in [1.82, 2.24) is 10.2 Å². The molecule has 0 spiro atoms. The third-order valence-corrected chi connectivity index (χ3v) is 2.32. The molecule has 0 aliphatic heterocycles. The van der Waals surface area contributed by atoms with Gasteiger partial charge in [-0.1, -0.05) is 11.8 Å². The fraction of sp³-hybridized carbons (Fsp3) is 0.250. The molecule has 0 aromatic carbocycles. The summed E-state index contributed by atoms with van der Waals surface area (Å²) in [6, 6.07) is 3.51. The molecule has 0 saturated carbocycles. The van der Waals surface area contributed by atoms with Crippen molar-refractivity contribution in [3.05, 3.63) is 17.8 Å². The Kier molecular flexibility index (Phi) is 3.88. The summed E-state index contributed by atoms with van der Waals surface area (Å²) in [6.07, 6.45) is 1.43. The maximum atomic E-state index is 10.8. The van der Waals surface area contributed by atoms with E-state index in [4.69, 9.17) is 5.26 Å². The highest BCUT2D eigenvalue weighted by atomic mass is 32.2. The van der Waals surface area contributed by atoms with Gasteiger partial charge < -0.3 is 4.74 Å². The lowest BCUT2D eigenvalue weighted by molar-refractivity contribution is -0.137. The predicted octanol–water partition coefficient (Wildman–Crippen LogP) is 0.613. The first-order valence-electron chi connectivity index (χ1n) is 3.69. The zero-order chi connectivity index (χ0) is 10.4. The molecule has 1 aromatic heterocycles. The lowest BCUT2D eigenvalue weighted by Gasteiger charge is -1.99. The second kappa shape index (κ2) is 5.19. The molecule has 0 bridgehead atoms. The van der Waals surface area contributed by atoms with E-state index in [9.17, 15) is 4.79 Å². The summed E-state index contributed by atoms with van der Waals surface area (Å²) in [5.41, 5.74) is 0.411. The van der Waals surface area contributed by atoms with Crippen molar-refractivity contribution in [1.29, 1.82) is 5.26 Å². The summed E-state index contributed by atoms with van der Waals surface area (Å²) < 4.78 is 4.45. The molecular weight excluding hydrogens is 202 g/mol. The Hall–Kier alpha value is -1.61. The van der Waals surface area contributed by atoms with Crippen molar-refractivity contribution in [2.45, 2.75) is 5.03 Å². The number of ether oxygens (including phenoxy) is 1. The van der Waals surface area contributed by atoms with Gasteiger partial charge in [0.05, 0.1) is 24.6 Å². The number of nitrogens with zero attached hydrogens (tertiary/aromatic N) is 3. The number of rotatable bonds is 3.